The summed E-state index contributed by atoms with van der Waals surface area (Å²) in [6, 6.07) is 0.340. The number of nitrogens with zero attached hydrogens (tertiary/aromatic N) is 3. The number of hydrogen-bond donors (Lipinski definition) is 1. The maximum atomic E-state index is 5.27. The van der Waals surface area contributed by atoms with Crippen LogP contribution in [0.25, 0.3) is 10.8 Å². The first-order valence-electron chi connectivity index (χ1n) is 6.17. The van der Waals surface area contributed by atoms with Gasteiger partial charge in [0, 0.05) is 12.5 Å². The van der Waals surface area contributed by atoms with Gasteiger partial charge in [0.05, 0.1) is 11.2 Å². The third kappa shape index (κ3) is 4.26. The molecule has 5 nitrogen and oxygen atoms in total. The number of aryl methyl sites for hydroxylation is 1. The van der Waals surface area contributed by atoms with E-state index in [1.165, 1.54) is 0 Å². The first kappa shape index (κ1) is 16.1. The van der Waals surface area contributed by atoms with E-state index < -0.39 is 0 Å². The standard InChI is InChI=1S/C12H18N4OS.ClH/c1-4-5-11-14-7-9(18-11)12-15-10(16-17-12)6-8(2)13-3;/h7-8,13H,4-6H2,1-3H3;1H. The van der Waals surface area contributed by atoms with Crippen LogP contribution in [0.2, 0.25) is 0 Å². The summed E-state index contributed by atoms with van der Waals surface area (Å²) < 4.78 is 5.27. The van der Waals surface area contributed by atoms with Crippen LogP contribution in [0.15, 0.2) is 10.7 Å². The molecule has 106 valence electrons. The van der Waals surface area contributed by atoms with Gasteiger partial charge in [-0.15, -0.1) is 23.7 Å². The minimum Gasteiger partial charge on any atom is -0.333 e. The number of nitrogens with one attached hydrogen (secondary N) is 1. The number of hydrogen-bond acceptors (Lipinski definition) is 6. The van der Waals surface area contributed by atoms with Crippen LogP contribution in [0.3, 0.4) is 0 Å². The van der Waals surface area contributed by atoms with E-state index in [1.54, 1.807) is 11.3 Å². The largest absolute Gasteiger partial charge is 0.333 e. The molecule has 1 unspecified atom stereocenters. The van der Waals surface area contributed by atoms with E-state index in [4.69, 9.17) is 4.52 Å². The fourth-order valence-electron chi connectivity index (χ4n) is 1.55. The van der Waals surface area contributed by atoms with Crippen LogP contribution in [0.5, 0.6) is 0 Å². The molecule has 0 aliphatic carbocycles. The molecule has 0 spiro atoms. The van der Waals surface area contributed by atoms with E-state index in [0.717, 1.165) is 35.0 Å². The fourth-order valence-corrected chi connectivity index (χ4v) is 2.49. The Morgan fingerprint density at radius 1 is 1.47 bits per heavy atom. The lowest BCUT2D eigenvalue weighted by molar-refractivity contribution is 0.419. The van der Waals surface area contributed by atoms with Gasteiger partial charge in [0.15, 0.2) is 5.82 Å². The molecule has 0 saturated heterocycles. The number of thiazole rings is 1. The van der Waals surface area contributed by atoms with Crippen molar-refractivity contribution in [1.29, 1.82) is 0 Å². The SMILES string of the molecule is CCCc1ncc(-c2nc(CC(C)NC)no2)s1.Cl. The van der Waals surface area contributed by atoms with Crippen LogP contribution in [0, 0.1) is 0 Å². The number of likely N-dealkylation sites (N-methyl/N-ethyl adjacent to an activating group) is 1. The van der Waals surface area contributed by atoms with Crippen LogP contribution in [-0.4, -0.2) is 28.2 Å². The summed E-state index contributed by atoms with van der Waals surface area (Å²) in [6.07, 6.45) is 4.68. The average molecular weight is 303 g/mol. The predicted octanol–water partition coefficient (Wildman–Crippen LogP) is 2.72. The normalized spacial score (nSPS) is 12.2. The van der Waals surface area contributed by atoms with Crippen LogP contribution in [0.4, 0.5) is 0 Å². The van der Waals surface area contributed by atoms with E-state index in [0.29, 0.717) is 11.9 Å². The second-order valence-electron chi connectivity index (χ2n) is 4.28. The molecule has 0 amide bonds. The van der Waals surface area contributed by atoms with Crippen molar-refractivity contribution in [2.75, 3.05) is 7.05 Å². The molecular weight excluding hydrogens is 284 g/mol. The number of rotatable bonds is 6. The molecule has 0 aliphatic rings. The molecule has 1 N–H and O–H groups in total. The monoisotopic (exact) mass is 302 g/mol. The van der Waals surface area contributed by atoms with Crippen LogP contribution in [0.1, 0.15) is 31.1 Å². The van der Waals surface area contributed by atoms with Crippen molar-refractivity contribution in [3.05, 3.63) is 17.0 Å². The maximum Gasteiger partial charge on any atom is 0.269 e. The van der Waals surface area contributed by atoms with Gasteiger partial charge in [0.1, 0.15) is 4.88 Å². The highest BCUT2D eigenvalue weighted by atomic mass is 35.5. The minimum absolute atomic E-state index is 0. The Hall–Kier alpha value is -0.980. The average Bonchev–Trinajstić information content (AvgIpc) is 2.98. The zero-order chi connectivity index (χ0) is 13.0. The molecule has 19 heavy (non-hydrogen) atoms. The molecule has 2 rings (SSSR count). The van der Waals surface area contributed by atoms with E-state index >= 15 is 0 Å². The lowest BCUT2D eigenvalue weighted by atomic mass is 10.2. The zero-order valence-electron chi connectivity index (χ0n) is 11.3. The van der Waals surface area contributed by atoms with Crippen molar-refractivity contribution < 1.29 is 4.52 Å². The van der Waals surface area contributed by atoms with E-state index in [-0.39, 0.29) is 12.4 Å². The van der Waals surface area contributed by atoms with Gasteiger partial charge in [-0.05, 0) is 26.8 Å². The summed E-state index contributed by atoms with van der Waals surface area (Å²) in [7, 11) is 1.92. The highest BCUT2D eigenvalue weighted by Crippen LogP contribution is 2.25. The summed E-state index contributed by atoms with van der Waals surface area (Å²) in [6.45, 7) is 4.23. The van der Waals surface area contributed by atoms with E-state index in [2.05, 4.69) is 34.3 Å². The van der Waals surface area contributed by atoms with Crippen LogP contribution >= 0.6 is 23.7 Å². The van der Waals surface area contributed by atoms with Crippen LogP contribution in [-0.2, 0) is 12.8 Å². The minimum atomic E-state index is 0. The maximum absolute atomic E-state index is 5.27. The third-order valence-electron chi connectivity index (χ3n) is 2.68. The smallest absolute Gasteiger partial charge is 0.269 e. The Bertz CT molecular complexity index is 499. The van der Waals surface area contributed by atoms with Crippen molar-refractivity contribution >= 4 is 23.7 Å². The van der Waals surface area contributed by atoms with E-state index in [1.807, 2.05) is 13.2 Å². The van der Waals surface area contributed by atoms with Crippen molar-refractivity contribution in [3.63, 3.8) is 0 Å². The quantitative estimate of drug-likeness (QED) is 0.889. The van der Waals surface area contributed by atoms with Crippen molar-refractivity contribution in [3.8, 4) is 10.8 Å². The fraction of sp³-hybridized carbons (Fsp3) is 0.583. The molecule has 7 heteroatoms. The first-order valence-corrected chi connectivity index (χ1v) is 6.99. The topological polar surface area (TPSA) is 63.8 Å². The Labute approximate surface area is 123 Å². The van der Waals surface area contributed by atoms with Gasteiger partial charge in [-0.2, -0.15) is 4.98 Å². The van der Waals surface area contributed by atoms with Gasteiger partial charge in [0.2, 0.25) is 0 Å². The van der Waals surface area contributed by atoms with Crippen LogP contribution < -0.4 is 5.32 Å². The lowest BCUT2D eigenvalue weighted by Crippen LogP contribution is -2.24. The summed E-state index contributed by atoms with van der Waals surface area (Å²) >= 11 is 1.63. The van der Waals surface area contributed by atoms with Crippen molar-refractivity contribution in [2.24, 2.45) is 0 Å². The molecule has 0 radical (unpaired) electrons. The number of aromatic nitrogens is 3. The molecule has 0 aromatic carbocycles. The molecule has 0 saturated carbocycles. The summed E-state index contributed by atoms with van der Waals surface area (Å²) in [5, 5.41) is 8.26. The Balaban J connectivity index is 0.00000180. The van der Waals surface area contributed by atoms with Gasteiger partial charge in [0.25, 0.3) is 5.89 Å². The van der Waals surface area contributed by atoms with Crippen molar-refractivity contribution in [2.45, 2.75) is 39.2 Å². The third-order valence-corrected chi connectivity index (χ3v) is 3.72. The molecule has 2 aromatic rings. The van der Waals surface area contributed by atoms with Gasteiger partial charge < -0.3 is 9.84 Å². The molecule has 0 bridgehead atoms. The summed E-state index contributed by atoms with van der Waals surface area (Å²) in [5.74, 6) is 1.31. The predicted molar refractivity (Wildman–Crippen MR) is 78.9 cm³/mol. The first-order chi connectivity index (χ1) is 8.72. The second kappa shape index (κ2) is 7.57. The Morgan fingerprint density at radius 3 is 2.95 bits per heavy atom. The molecule has 2 aromatic heterocycles. The zero-order valence-corrected chi connectivity index (χ0v) is 13.0. The molecule has 0 aliphatic heterocycles. The summed E-state index contributed by atoms with van der Waals surface area (Å²) in [4.78, 5) is 9.69. The van der Waals surface area contributed by atoms with Gasteiger partial charge >= 0.3 is 0 Å². The Morgan fingerprint density at radius 2 is 2.26 bits per heavy atom. The molecular formula is C12H19ClN4OS. The van der Waals surface area contributed by atoms with E-state index in [9.17, 15) is 0 Å². The summed E-state index contributed by atoms with van der Waals surface area (Å²) in [5.41, 5.74) is 0. The lowest BCUT2D eigenvalue weighted by Gasteiger charge is -2.04. The Kier molecular flexibility index (Phi) is 6.41. The van der Waals surface area contributed by atoms with Gasteiger partial charge in [-0.1, -0.05) is 12.1 Å². The molecule has 1 atom stereocenters. The number of halogens is 1. The van der Waals surface area contributed by atoms with Crippen molar-refractivity contribution in [1.82, 2.24) is 20.4 Å². The molecule has 0 fully saturated rings. The molecule has 2 heterocycles. The van der Waals surface area contributed by atoms with Gasteiger partial charge in [-0.25, -0.2) is 4.98 Å². The second-order valence-corrected chi connectivity index (χ2v) is 5.39. The highest BCUT2D eigenvalue weighted by molar-refractivity contribution is 7.15. The van der Waals surface area contributed by atoms with Gasteiger partial charge in [-0.3, -0.25) is 0 Å². The highest BCUT2D eigenvalue weighted by Gasteiger charge is 2.13.